The summed E-state index contributed by atoms with van der Waals surface area (Å²) in [6.45, 7) is 1.66. The van der Waals surface area contributed by atoms with Crippen LogP contribution < -0.4 is 15.4 Å². The number of piperidine rings is 1. The Labute approximate surface area is 161 Å². The number of hydrogen-bond donors (Lipinski definition) is 2. The maximum Gasteiger partial charge on any atom is 0.251 e. The molecule has 1 fully saturated rings. The standard InChI is InChI=1S/C18H20FN5O3S/c19-15-6-14-16(7-13(15)17(20)25)21-10-22-18(14)24-5-1-2-11(9-24)8-23-28(26,27)12-3-4-12/h3,6-7,10-11,23H,1-2,4-5,8-9H2,(H2,20,25). The van der Waals surface area contributed by atoms with E-state index in [2.05, 4.69) is 14.7 Å². The minimum absolute atomic E-state index is 0.114. The first kappa shape index (κ1) is 18.8. The van der Waals surface area contributed by atoms with Crippen LogP contribution in [0.1, 0.15) is 29.6 Å². The quantitative estimate of drug-likeness (QED) is 0.748. The summed E-state index contributed by atoms with van der Waals surface area (Å²) in [5.41, 5.74) is 5.43. The molecule has 1 saturated heterocycles. The Morgan fingerprint density at radius 2 is 2.14 bits per heavy atom. The fourth-order valence-corrected chi connectivity index (χ4v) is 4.67. The predicted molar refractivity (Wildman–Crippen MR) is 103 cm³/mol. The molecule has 0 spiro atoms. The Balaban J connectivity index is 1.56. The van der Waals surface area contributed by atoms with E-state index in [1.807, 2.05) is 4.90 Å². The molecule has 28 heavy (non-hydrogen) atoms. The largest absolute Gasteiger partial charge is 0.366 e. The average molecular weight is 405 g/mol. The van der Waals surface area contributed by atoms with Crippen molar-refractivity contribution in [3.8, 4) is 0 Å². The summed E-state index contributed by atoms with van der Waals surface area (Å²) >= 11 is 0. The van der Waals surface area contributed by atoms with Gasteiger partial charge in [0.05, 0.1) is 16.0 Å². The van der Waals surface area contributed by atoms with Gasteiger partial charge in [-0.3, -0.25) is 4.79 Å². The molecule has 0 saturated carbocycles. The number of primary amides is 1. The van der Waals surface area contributed by atoms with Crippen molar-refractivity contribution in [1.82, 2.24) is 14.7 Å². The SMILES string of the molecule is NC(=O)c1cc2ncnc(N3CCCC(CNS(=O)(=O)C4=CC4)C3)c2cc1F. The lowest BCUT2D eigenvalue weighted by Crippen LogP contribution is -2.41. The number of hydrogen-bond acceptors (Lipinski definition) is 6. The number of fused-ring (bicyclic) bond motifs is 1. The van der Waals surface area contributed by atoms with Crippen LogP contribution >= 0.6 is 0 Å². The highest BCUT2D eigenvalue weighted by Gasteiger charge is 2.28. The number of nitrogens with one attached hydrogen (secondary N) is 1. The number of nitrogens with two attached hydrogens (primary N) is 1. The van der Waals surface area contributed by atoms with Crippen LogP contribution in [0.2, 0.25) is 0 Å². The maximum atomic E-state index is 14.3. The normalized spacial score (nSPS) is 19.5. The molecule has 1 amide bonds. The summed E-state index contributed by atoms with van der Waals surface area (Å²) in [5, 5.41) is 0.495. The van der Waals surface area contributed by atoms with Crippen molar-refractivity contribution < 1.29 is 17.6 Å². The van der Waals surface area contributed by atoms with Crippen molar-refractivity contribution in [3.05, 3.63) is 40.8 Å². The third-order valence-electron chi connectivity index (χ3n) is 5.07. The lowest BCUT2D eigenvalue weighted by atomic mass is 9.98. The minimum atomic E-state index is -3.35. The zero-order chi connectivity index (χ0) is 19.9. The van der Waals surface area contributed by atoms with E-state index in [-0.39, 0.29) is 11.5 Å². The van der Waals surface area contributed by atoms with Crippen LogP contribution in [-0.2, 0) is 10.0 Å². The summed E-state index contributed by atoms with van der Waals surface area (Å²) in [6.07, 6.45) is 5.32. The lowest BCUT2D eigenvalue weighted by Gasteiger charge is -2.34. The molecule has 10 heteroatoms. The molecule has 1 aromatic carbocycles. The number of rotatable bonds is 6. The lowest BCUT2D eigenvalue weighted by molar-refractivity contribution is 0.0996. The molecule has 2 aliphatic rings. The predicted octanol–water partition coefficient (Wildman–Crippen LogP) is 1.29. The van der Waals surface area contributed by atoms with Gasteiger partial charge in [0.25, 0.3) is 5.91 Å². The highest BCUT2D eigenvalue weighted by molar-refractivity contribution is 7.93. The van der Waals surface area contributed by atoms with Gasteiger partial charge >= 0.3 is 0 Å². The third kappa shape index (κ3) is 3.69. The summed E-state index contributed by atoms with van der Waals surface area (Å²) in [5.74, 6) is -0.884. The number of amides is 1. The number of sulfonamides is 1. The number of aromatic nitrogens is 2. The van der Waals surface area contributed by atoms with E-state index in [1.165, 1.54) is 18.5 Å². The van der Waals surface area contributed by atoms with Crippen LogP contribution in [0, 0.1) is 11.7 Å². The molecule has 0 bridgehead atoms. The van der Waals surface area contributed by atoms with Crippen LogP contribution in [0.4, 0.5) is 10.2 Å². The molecule has 1 aromatic heterocycles. The van der Waals surface area contributed by atoms with Crippen LogP contribution in [0.5, 0.6) is 0 Å². The number of carbonyl (C=O) groups is 1. The highest BCUT2D eigenvalue weighted by Crippen LogP contribution is 2.29. The number of benzene rings is 1. The molecule has 1 aliphatic carbocycles. The molecule has 4 rings (SSSR count). The Morgan fingerprint density at radius 3 is 2.86 bits per heavy atom. The van der Waals surface area contributed by atoms with Gasteiger partial charge in [-0.25, -0.2) is 27.5 Å². The molecular weight excluding hydrogens is 385 g/mol. The Bertz CT molecular complexity index is 1090. The van der Waals surface area contributed by atoms with Gasteiger partial charge in [0.1, 0.15) is 18.0 Å². The van der Waals surface area contributed by atoms with Crippen molar-refractivity contribution in [2.45, 2.75) is 19.3 Å². The second-order valence-corrected chi connectivity index (χ2v) is 8.91. The Kier molecular flexibility index (Phi) is 4.76. The molecule has 2 heterocycles. The Morgan fingerprint density at radius 1 is 1.36 bits per heavy atom. The molecular formula is C18H20FN5O3S. The summed E-state index contributed by atoms with van der Waals surface area (Å²) in [7, 11) is -3.35. The van der Waals surface area contributed by atoms with E-state index in [0.717, 1.165) is 19.4 Å². The first-order chi connectivity index (χ1) is 13.3. The van der Waals surface area contributed by atoms with Crippen molar-refractivity contribution in [2.75, 3.05) is 24.5 Å². The van der Waals surface area contributed by atoms with Gasteiger partial charge in [0.2, 0.25) is 10.0 Å². The zero-order valence-corrected chi connectivity index (χ0v) is 15.9. The van der Waals surface area contributed by atoms with Gasteiger partial charge < -0.3 is 10.6 Å². The van der Waals surface area contributed by atoms with Gasteiger partial charge in [-0.2, -0.15) is 0 Å². The second-order valence-electron chi connectivity index (χ2n) is 7.09. The maximum absolute atomic E-state index is 14.3. The molecule has 1 unspecified atom stereocenters. The monoisotopic (exact) mass is 405 g/mol. The number of halogens is 1. The Hall–Kier alpha value is -2.59. The average Bonchev–Trinajstić information content (AvgIpc) is 3.51. The molecule has 8 nitrogen and oxygen atoms in total. The smallest absolute Gasteiger partial charge is 0.251 e. The number of nitrogens with zero attached hydrogens (tertiary/aromatic N) is 3. The fourth-order valence-electron chi connectivity index (χ4n) is 3.51. The fraction of sp³-hybridized carbons (Fsp3) is 0.389. The van der Waals surface area contributed by atoms with Gasteiger partial charge in [-0.1, -0.05) is 6.08 Å². The molecule has 1 aliphatic heterocycles. The van der Waals surface area contributed by atoms with Crippen LogP contribution in [-0.4, -0.2) is 43.9 Å². The van der Waals surface area contributed by atoms with E-state index in [4.69, 9.17) is 5.73 Å². The van der Waals surface area contributed by atoms with E-state index < -0.39 is 21.7 Å². The summed E-state index contributed by atoms with van der Waals surface area (Å²) in [4.78, 5) is 22.3. The number of carbonyl (C=O) groups excluding carboxylic acids is 1. The van der Waals surface area contributed by atoms with Gasteiger partial charge in [0, 0.05) is 31.4 Å². The first-order valence-corrected chi connectivity index (χ1v) is 10.5. The number of allylic oxidation sites excluding steroid dienone is 2. The third-order valence-corrected chi connectivity index (χ3v) is 6.64. The molecule has 2 aromatic rings. The topological polar surface area (TPSA) is 118 Å². The van der Waals surface area contributed by atoms with E-state index >= 15 is 0 Å². The molecule has 148 valence electrons. The van der Waals surface area contributed by atoms with E-state index in [1.54, 1.807) is 6.08 Å². The highest BCUT2D eigenvalue weighted by atomic mass is 32.2. The van der Waals surface area contributed by atoms with Gasteiger partial charge in [-0.05, 0) is 30.9 Å². The van der Waals surface area contributed by atoms with Crippen LogP contribution in [0.15, 0.2) is 29.4 Å². The zero-order valence-electron chi connectivity index (χ0n) is 15.1. The molecule has 0 radical (unpaired) electrons. The van der Waals surface area contributed by atoms with Crippen molar-refractivity contribution in [3.63, 3.8) is 0 Å². The number of anilines is 1. The molecule has 3 N–H and O–H groups in total. The van der Waals surface area contributed by atoms with Crippen LogP contribution in [0.3, 0.4) is 0 Å². The minimum Gasteiger partial charge on any atom is -0.366 e. The van der Waals surface area contributed by atoms with Gasteiger partial charge in [0.15, 0.2) is 0 Å². The second kappa shape index (κ2) is 7.10. The van der Waals surface area contributed by atoms with E-state index in [0.29, 0.717) is 41.1 Å². The first-order valence-electron chi connectivity index (χ1n) is 9.03. The summed E-state index contributed by atoms with van der Waals surface area (Å²) < 4.78 is 40.9. The molecule has 1 atom stereocenters. The van der Waals surface area contributed by atoms with Crippen molar-refractivity contribution in [1.29, 1.82) is 0 Å². The van der Waals surface area contributed by atoms with Crippen molar-refractivity contribution >= 4 is 32.7 Å². The van der Waals surface area contributed by atoms with E-state index in [9.17, 15) is 17.6 Å². The van der Waals surface area contributed by atoms with Crippen LogP contribution in [0.25, 0.3) is 10.9 Å². The summed E-state index contributed by atoms with van der Waals surface area (Å²) in [6, 6.07) is 2.56. The van der Waals surface area contributed by atoms with Crippen molar-refractivity contribution in [2.24, 2.45) is 11.7 Å². The van der Waals surface area contributed by atoms with Gasteiger partial charge in [-0.15, -0.1) is 0 Å².